The van der Waals surface area contributed by atoms with E-state index < -0.39 is 5.91 Å². The van der Waals surface area contributed by atoms with E-state index >= 15 is 0 Å². The summed E-state index contributed by atoms with van der Waals surface area (Å²) in [4.78, 5) is 35.0. The van der Waals surface area contributed by atoms with Crippen molar-refractivity contribution in [3.05, 3.63) is 11.8 Å². The van der Waals surface area contributed by atoms with Gasteiger partial charge in [0.1, 0.15) is 12.3 Å². The van der Waals surface area contributed by atoms with E-state index in [1.165, 1.54) is 0 Å². The van der Waals surface area contributed by atoms with Crippen LogP contribution in [0.15, 0.2) is 10.6 Å². The van der Waals surface area contributed by atoms with E-state index in [0.717, 1.165) is 4.90 Å². The number of nitrogens with zero attached hydrogens (tertiary/aromatic N) is 2. The third-order valence-electron chi connectivity index (χ3n) is 2.35. The van der Waals surface area contributed by atoms with Crippen LogP contribution in [0.25, 0.3) is 0 Å². The maximum Gasteiger partial charge on any atom is 0.245 e. The molecule has 1 saturated heterocycles. The van der Waals surface area contributed by atoms with Crippen LogP contribution in [0.5, 0.6) is 0 Å². The van der Waals surface area contributed by atoms with Crippen molar-refractivity contribution in [2.45, 2.75) is 19.8 Å². The van der Waals surface area contributed by atoms with E-state index in [1.807, 2.05) is 0 Å². The van der Waals surface area contributed by atoms with Gasteiger partial charge in [-0.15, -0.1) is 0 Å². The van der Waals surface area contributed by atoms with Gasteiger partial charge in [-0.2, -0.15) is 0 Å². The Balaban J connectivity index is 1.93. The lowest BCUT2D eigenvalue weighted by molar-refractivity contribution is -0.141. The number of carbonyl (C=O) groups excluding carboxylic acids is 3. The predicted molar refractivity (Wildman–Crippen MR) is 55.8 cm³/mol. The summed E-state index contributed by atoms with van der Waals surface area (Å²) in [6.45, 7) is 1.42. The van der Waals surface area contributed by atoms with Gasteiger partial charge >= 0.3 is 0 Å². The predicted octanol–water partition coefficient (Wildman–Crippen LogP) is 0.0705. The molecule has 17 heavy (non-hydrogen) atoms. The molecule has 0 bridgehead atoms. The Morgan fingerprint density at radius 3 is 2.65 bits per heavy atom. The van der Waals surface area contributed by atoms with Crippen LogP contribution in [0.4, 0.5) is 5.82 Å². The second kappa shape index (κ2) is 4.36. The highest BCUT2D eigenvalue weighted by Gasteiger charge is 2.30. The fourth-order valence-electron chi connectivity index (χ4n) is 1.55. The molecule has 0 spiro atoms. The van der Waals surface area contributed by atoms with Gasteiger partial charge < -0.3 is 9.84 Å². The smallest absolute Gasteiger partial charge is 0.245 e. The van der Waals surface area contributed by atoms with Gasteiger partial charge in [0.15, 0.2) is 5.82 Å². The molecule has 2 rings (SSSR count). The number of imide groups is 1. The first-order chi connectivity index (χ1) is 8.06. The van der Waals surface area contributed by atoms with Gasteiger partial charge in [-0.3, -0.25) is 19.3 Å². The summed E-state index contributed by atoms with van der Waals surface area (Å²) in [5.41, 5.74) is 0. The van der Waals surface area contributed by atoms with E-state index in [1.54, 1.807) is 13.0 Å². The lowest BCUT2D eigenvalue weighted by Crippen LogP contribution is -2.36. The van der Waals surface area contributed by atoms with Crippen LogP contribution >= 0.6 is 0 Å². The summed E-state index contributed by atoms with van der Waals surface area (Å²) >= 11 is 0. The standard InChI is InChI=1S/C10H11N3O4/c1-6-4-7(12-17-6)11-8(14)5-13-9(15)2-3-10(13)16/h4H,2-3,5H2,1H3,(H,11,12,14). The molecule has 7 heteroatoms. The van der Waals surface area contributed by atoms with Crippen molar-refractivity contribution in [3.8, 4) is 0 Å². The number of amides is 3. The van der Waals surface area contributed by atoms with Gasteiger partial charge in [0.05, 0.1) is 0 Å². The number of likely N-dealkylation sites (tertiary alicyclic amines) is 1. The first-order valence-electron chi connectivity index (χ1n) is 5.12. The Hall–Kier alpha value is -2.18. The van der Waals surface area contributed by atoms with Crippen LogP contribution in [-0.2, 0) is 14.4 Å². The molecule has 3 amide bonds. The van der Waals surface area contributed by atoms with Crippen molar-refractivity contribution in [2.24, 2.45) is 0 Å². The Bertz CT molecular complexity index is 464. The normalized spacial score (nSPS) is 15.5. The highest BCUT2D eigenvalue weighted by atomic mass is 16.5. The topological polar surface area (TPSA) is 92.5 Å². The molecular weight excluding hydrogens is 226 g/mol. The quantitative estimate of drug-likeness (QED) is 0.751. The number of nitrogens with one attached hydrogen (secondary N) is 1. The molecule has 2 heterocycles. The first-order valence-corrected chi connectivity index (χ1v) is 5.12. The molecular formula is C10H11N3O4. The number of carbonyl (C=O) groups is 3. The number of hydrogen-bond donors (Lipinski definition) is 1. The van der Waals surface area contributed by atoms with Crippen LogP contribution in [0.1, 0.15) is 18.6 Å². The van der Waals surface area contributed by atoms with Crippen LogP contribution in [0.2, 0.25) is 0 Å². The molecule has 0 saturated carbocycles. The highest BCUT2D eigenvalue weighted by Crippen LogP contribution is 2.12. The fraction of sp³-hybridized carbons (Fsp3) is 0.400. The Labute approximate surface area is 96.7 Å². The van der Waals surface area contributed by atoms with Gasteiger partial charge in [0.25, 0.3) is 0 Å². The first kappa shape index (κ1) is 11.3. The summed E-state index contributed by atoms with van der Waals surface area (Å²) in [6, 6.07) is 1.55. The summed E-state index contributed by atoms with van der Waals surface area (Å²) in [6.07, 6.45) is 0.352. The molecule has 0 radical (unpaired) electrons. The maximum absolute atomic E-state index is 11.5. The van der Waals surface area contributed by atoms with Crippen molar-refractivity contribution in [2.75, 3.05) is 11.9 Å². The summed E-state index contributed by atoms with van der Waals surface area (Å²) in [5, 5.41) is 6.01. The molecule has 1 aliphatic rings. The third kappa shape index (κ3) is 2.49. The highest BCUT2D eigenvalue weighted by molar-refractivity contribution is 6.06. The van der Waals surface area contributed by atoms with Gasteiger partial charge in [-0.1, -0.05) is 5.16 Å². The van der Waals surface area contributed by atoms with Crippen molar-refractivity contribution in [3.63, 3.8) is 0 Å². The van der Waals surface area contributed by atoms with E-state index in [4.69, 9.17) is 4.52 Å². The number of aryl methyl sites for hydroxylation is 1. The summed E-state index contributed by atoms with van der Waals surface area (Å²) in [7, 11) is 0. The van der Waals surface area contributed by atoms with E-state index in [0.29, 0.717) is 5.76 Å². The van der Waals surface area contributed by atoms with E-state index in [9.17, 15) is 14.4 Å². The van der Waals surface area contributed by atoms with Gasteiger partial charge in [0, 0.05) is 18.9 Å². The van der Waals surface area contributed by atoms with Crippen LogP contribution in [0.3, 0.4) is 0 Å². The number of hydrogen-bond acceptors (Lipinski definition) is 5. The molecule has 1 aliphatic heterocycles. The minimum Gasteiger partial charge on any atom is -0.360 e. The Morgan fingerprint density at radius 2 is 2.12 bits per heavy atom. The molecule has 0 atom stereocenters. The molecule has 0 aromatic carbocycles. The molecule has 0 aliphatic carbocycles. The van der Waals surface area contributed by atoms with Crippen molar-refractivity contribution in [1.29, 1.82) is 0 Å². The van der Waals surface area contributed by atoms with Crippen molar-refractivity contribution in [1.82, 2.24) is 10.1 Å². The number of anilines is 1. The SMILES string of the molecule is Cc1cc(NC(=O)CN2C(=O)CCC2=O)no1. The van der Waals surface area contributed by atoms with Crippen LogP contribution in [-0.4, -0.2) is 34.3 Å². The fourth-order valence-corrected chi connectivity index (χ4v) is 1.55. The zero-order valence-corrected chi connectivity index (χ0v) is 9.23. The minimum absolute atomic E-state index is 0.176. The molecule has 0 unspecified atom stereocenters. The second-order valence-electron chi connectivity index (χ2n) is 3.74. The van der Waals surface area contributed by atoms with Gasteiger partial charge in [-0.05, 0) is 6.92 Å². The summed E-state index contributed by atoms with van der Waals surface area (Å²) in [5.74, 6) is -0.273. The van der Waals surface area contributed by atoms with E-state index in [-0.39, 0.29) is 37.0 Å². The number of aromatic nitrogens is 1. The second-order valence-corrected chi connectivity index (χ2v) is 3.74. The average Bonchev–Trinajstić information content (AvgIpc) is 2.79. The van der Waals surface area contributed by atoms with Gasteiger partial charge in [0.2, 0.25) is 17.7 Å². The molecule has 1 N–H and O–H groups in total. The number of rotatable bonds is 3. The molecule has 1 aromatic heterocycles. The zero-order chi connectivity index (χ0) is 12.4. The summed E-state index contributed by atoms with van der Waals surface area (Å²) < 4.78 is 4.77. The lowest BCUT2D eigenvalue weighted by atomic mass is 10.4. The lowest BCUT2D eigenvalue weighted by Gasteiger charge is -2.12. The molecule has 1 fully saturated rings. The largest absolute Gasteiger partial charge is 0.360 e. The average molecular weight is 237 g/mol. The van der Waals surface area contributed by atoms with Gasteiger partial charge in [-0.25, -0.2) is 0 Å². The Kier molecular flexibility index (Phi) is 2.90. The zero-order valence-electron chi connectivity index (χ0n) is 9.23. The maximum atomic E-state index is 11.5. The minimum atomic E-state index is -0.470. The molecule has 90 valence electrons. The van der Waals surface area contributed by atoms with Crippen molar-refractivity contribution < 1.29 is 18.9 Å². The Morgan fingerprint density at radius 1 is 1.47 bits per heavy atom. The molecule has 7 nitrogen and oxygen atoms in total. The monoisotopic (exact) mass is 237 g/mol. The van der Waals surface area contributed by atoms with Crippen molar-refractivity contribution >= 4 is 23.5 Å². The van der Waals surface area contributed by atoms with Crippen LogP contribution < -0.4 is 5.32 Å². The third-order valence-corrected chi connectivity index (χ3v) is 2.35. The van der Waals surface area contributed by atoms with E-state index in [2.05, 4.69) is 10.5 Å². The van der Waals surface area contributed by atoms with Crippen LogP contribution in [0, 0.1) is 6.92 Å². The molecule has 1 aromatic rings.